The first-order chi connectivity index (χ1) is 62.6. The summed E-state index contributed by atoms with van der Waals surface area (Å²) in [5.74, 6) is 0.0283. The summed E-state index contributed by atoms with van der Waals surface area (Å²) in [6.45, 7) is 3.46. The van der Waals surface area contributed by atoms with Crippen LogP contribution in [0.1, 0.15) is 92.1 Å². The highest BCUT2D eigenvalue weighted by atomic mass is 32.2. The summed E-state index contributed by atoms with van der Waals surface area (Å²) in [4.78, 5) is 120. The highest BCUT2D eigenvalue weighted by Gasteiger charge is 2.38. The van der Waals surface area contributed by atoms with E-state index in [9.17, 15) is 92.3 Å². The maximum atomic E-state index is 14.7. The molecule has 0 aliphatic heterocycles. The van der Waals surface area contributed by atoms with E-state index in [1.54, 1.807) is 68.4 Å². The number of para-hydroxylation sites is 2. The number of aromatic nitrogens is 8. The molecule has 2 aliphatic rings. The molecule has 2 unspecified atom stereocenters. The number of hydrogen-bond donors (Lipinski definition) is 15. The molecule has 0 spiro atoms. The van der Waals surface area contributed by atoms with Crippen molar-refractivity contribution >= 4 is 187 Å². The number of aryl methyl sites for hydroxylation is 3. The fraction of sp³-hybridized carbons (Fsp3) is 0.0482. The lowest BCUT2D eigenvalue weighted by Crippen LogP contribution is -2.29. The molecule has 664 valence electrons. The Morgan fingerprint density at radius 1 is 0.458 bits per heavy atom. The highest BCUT2D eigenvalue weighted by Crippen LogP contribution is 2.49. The standard InChI is InChI=1S/C43H31N7O13S3.C40H27N7O15S3/c1-4-9-22-11-7-10-21(2)37(22)46-42-47-41(48-43(54)49-42)45-29-19-28(31(64-63-62-55)20-32(29)66(58,59)60)44-27-16-17-30-35-33(25-14-5-6-15-26(25)39(52)34(27)35)36(40(53)50(30)3)38(51)23-12-8-13-24(18-23)61-65(56)57;1-47-27-14-13-24(31-32(27)30(20-9-2-3-10-21(20)35(31)49)33(36(47)50)34(48)18-7-6-8-19(15-18)60-64(55)56)41-25-16-26(29(65(57,58)59)17-28(25)63-62-61-54)43-39-44-38(45-40(53)46-39)42-23-12-5-4-11-22(23)37(51)52/h5-8,10-20,44,55H,1-3H3,(H,56,57)(H,58,59,60)(H3,45,46,47,48,49,54);2-17,41,54H,1H3,(H,51,52)(H,55,56)(H,57,58,59)(H3,42,43,44,45,46,53). The normalized spacial score (nSPS) is 12.3. The molecule has 0 bridgehead atoms. The van der Waals surface area contributed by atoms with E-state index in [0.717, 1.165) is 23.8 Å². The van der Waals surface area contributed by atoms with E-state index >= 15 is 0 Å². The van der Waals surface area contributed by atoms with Gasteiger partial charge in [-0.25, -0.2) is 15.3 Å². The molecule has 0 radical (unpaired) electrons. The van der Waals surface area contributed by atoms with Crippen molar-refractivity contribution in [2.24, 2.45) is 14.1 Å². The third-order valence-corrected chi connectivity index (χ3v) is 23.7. The molecule has 0 amide bonds. The van der Waals surface area contributed by atoms with Crippen molar-refractivity contribution in [1.29, 1.82) is 0 Å². The Hall–Kier alpha value is -15.2. The number of nitrogens with zero attached hydrogens (tertiary/aromatic N) is 8. The van der Waals surface area contributed by atoms with Gasteiger partial charge in [-0.05, 0) is 122 Å². The molecule has 16 rings (SSSR count). The molecule has 4 aromatic heterocycles. The summed E-state index contributed by atoms with van der Waals surface area (Å²) in [7, 11) is -7.42. The SMILES string of the molecule is CC#Cc1cccc(C)c1Nc1nc(O)nc(Nc2cc(Nc3ccc4c5c3C(=O)c3ccccc3-c5c(C(=O)c3cccc(OS(=O)O)c3)c(=O)n4C)c(SOOO)cc2S(=O)(=O)O)n1.Cn1c(=O)c(C(=O)c2cccc(OS(=O)O)c2)c2c3c(c(Nc4cc(Nc5nc(O)nc(Nc6ccccc6C(=O)O)n5)c(S(=O)(=O)O)cc4SOOO)ccc31)C(=O)c1ccccc1-2. The van der Waals surface area contributed by atoms with E-state index in [0.29, 0.717) is 23.3 Å². The van der Waals surface area contributed by atoms with Gasteiger partial charge in [-0.3, -0.25) is 47.0 Å². The summed E-state index contributed by atoms with van der Waals surface area (Å²) >= 11 is -4.89. The van der Waals surface area contributed by atoms with Crippen LogP contribution < -0.4 is 51.4 Å². The van der Waals surface area contributed by atoms with E-state index in [-0.39, 0.29) is 173 Å². The quantitative estimate of drug-likeness (QED) is 0.00394. The summed E-state index contributed by atoms with van der Waals surface area (Å²) in [6.07, 6.45) is 0. The van der Waals surface area contributed by atoms with Gasteiger partial charge in [0.2, 0.25) is 23.8 Å². The maximum absolute atomic E-state index is 14.7. The number of anilines is 12. The topological polar surface area (TPSA) is 619 Å². The molecular formula is C83H58N14O28S6. The van der Waals surface area contributed by atoms with E-state index in [1.807, 2.05) is 0 Å². The molecule has 15 N–H and O–H groups in total. The Balaban J connectivity index is 0.000000201. The molecule has 2 atom stereocenters. The van der Waals surface area contributed by atoms with Gasteiger partial charge in [0, 0.05) is 63.8 Å². The van der Waals surface area contributed by atoms with Gasteiger partial charge >= 0.3 is 40.7 Å². The van der Waals surface area contributed by atoms with Crippen LogP contribution in [0.2, 0.25) is 0 Å². The third kappa shape index (κ3) is 18.5. The molecule has 0 fully saturated rings. The second kappa shape index (κ2) is 37.3. The maximum Gasteiger partial charge on any atom is 0.357 e. The highest BCUT2D eigenvalue weighted by molar-refractivity contribution is 7.95. The monoisotopic (exact) mass is 1890 g/mol. The van der Waals surface area contributed by atoms with Crippen LogP contribution in [0, 0.1) is 18.8 Å². The van der Waals surface area contributed by atoms with Gasteiger partial charge in [-0.2, -0.15) is 55.2 Å². The van der Waals surface area contributed by atoms with Crippen molar-refractivity contribution in [2.75, 3.05) is 31.9 Å². The van der Waals surface area contributed by atoms with Gasteiger partial charge < -0.3 is 64.7 Å². The number of carbonyl (C=O) groups excluding carboxylic acids is 4. The number of carbonyl (C=O) groups is 5. The molecule has 131 heavy (non-hydrogen) atoms. The number of pyridine rings is 2. The molecule has 48 heteroatoms. The zero-order valence-electron chi connectivity index (χ0n) is 66.7. The zero-order valence-corrected chi connectivity index (χ0v) is 71.6. The van der Waals surface area contributed by atoms with Crippen LogP contribution in [0.15, 0.2) is 217 Å². The van der Waals surface area contributed by atoms with Gasteiger partial charge in [0.05, 0.1) is 118 Å². The van der Waals surface area contributed by atoms with Crippen molar-refractivity contribution in [3.8, 4) is 57.6 Å². The summed E-state index contributed by atoms with van der Waals surface area (Å²) in [5.41, 5.74) is -0.205. The number of fused-ring (bicyclic) bond motifs is 4. The Kier molecular flexibility index (Phi) is 25.8. The lowest BCUT2D eigenvalue weighted by molar-refractivity contribution is -0.432. The number of aromatic carboxylic acids is 1. The fourth-order valence-corrected chi connectivity index (χ4v) is 17.5. The number of rotatable bonds is 29. The summed E-state index contributed by atoms with van der Waals surface area (Å²) in [6, 6.07) is 42.5. The second-order valence-corrected chi connectivity index (χ2v) is 33.2. The minimum absolute atomic E-state index is 0.0194. The first kappa shape index (κ1) is 90.6. The lowest BCUT2D eigenvalue weighted by atomic mass is 9.80. The van der Waals surface area contributed by atoms with Gasteiger partial charge in [0.25, 0.3) is 31.4 Å². The van der Waals surface area contributed by atoms with E-state index in [4.69, 9.17) is 18.9 Å². The molecule has 14 aromatic rings. The van der Waals surface area contributed by atoms with E-state index in [1.165, 1.54) is 138 Å². The predicted molar refractivity (Wildman–Crippen MR) is 472 cm³/mol. The van der Waals surface area contributed by atoms with E-state index < -0.39 is 123 Å². The minimum atomic E-state index is -5.14. The average molecular weight is 1890 g/mol. The van der Waals surface area contributed by atoms with Crippen LogP contribution in [0.4, 0.5) is 69.3 Å². The molecule has 4 heterocycles. The number of carboxylic acid groups (broad SMARTS) is 1. The molecule has 0 saturated heterocycles. The molecule has 10 aromatic carbocycles. The van der Waals surface area contributed by atoms with Gasteiger partial charge in [-0.15, -0.1) is 14.6 Å². The third-order valence-electron chi connectivity index (χ3n) is 19.9. The molecule has 42 nitrogen and oxygen atoms in total. The van der Waals surface area contributed by atoms with Crippen molar-refractivity contribution < 1.29 is 120 Å². The lowest BCUT2D eigenvalue weighted by Gasteiger charge is -2.26. The van der Waals surface area contributed by atoms with E-state index in [2.05, 4.69) is 92.4 Å². The summed E-state index contributed by atoms with van der Waals surface area (Å²) in [5, 5.41) is 73.7. The van der Waals surface area contributed by atoms with Crippen LogP contribution in [0.3, 0.4) is 0 Å². The van der Waals surface area contributed by atoms with Gasteiger partial charge in [0.1, 0.15) is 21.3 Å². The fourth-order valence-electron chi connectivity index (χ4n) is 14.6. The predicted octanol–water partition coefficient (Wildman–Crippen LogP) is 13.0. The minimum Gasteiger partial charge on any atom is -0.479 e. The largest absolute Gasteiger partial charge is 0.479 e. The zero-order chi connectivity index (χ0) is 93.3. The first-order valence-corrected chi connectivity index (χ1v) is 43.6. The Morgan fingerprint density at radius 3 is 1.27 bits per heavy atom. The smallest absolute Gasteiger partial charge is 0.357 e. The molecule has 0 saturated carbocycles. The average Bonchev–Trinajstić information content (AvgIpc) is 0.709. The Bertz CT molecular complexity index is 7730. The Morgan fingerprint density at radius 2 is 0.863 bits per heavy atom. The number of carboxylic acids is 1. The van der Waals surface area contributed by atoms with Crippen molar-refractivity contribution in [1.82, 2.24) is 39.0 Å². The second-order valence-electron chi connectivity index (χ2n) is 27.7. The van der Waals surface area contributed by atoms with Crippen molar-refractivity contribution in [3.05, 3.63) is 270 Å². The van der Waals surface area contributed by atoms with Gasteiger partial charge in [0.15, 0.2) is 23.1 Å². The molecule has 2 aliphatic carbocycles. The molecular weight excluding hydrogens is 1830 g/mol. The van der Waals surface area contributed by atoms with Crippen LogP contribution in [0.5, 0.6) is 23.5 Å². The number of nitrogens with one attached hydrogen (secondary N) is 6. The van der Waals surface area contributed by atoms with Crippen molar-refractivity contribution in [2.45, 2.75) is 33.4 Å². The Labute approximate surface area is 749 Å². The summed E-state index contributed by atoms with van der Waals surface area (Å²) < 4.78 is 135. The van der Waals surface area contributed by atoms with Crippen LogP contribution in [-0.2, 0) is 75.8 Å². The number of aromatic hydroxyl groups is 2. The number of benzene rings is 10. The first-order valence-electron chi connectivity index (χ1n) is 37.1. The van der Waals surface area contributed by atoms with Crippen LogP contribution >= 0.6 is 24.1 Å². The number of ketones is 4. The van der Waals surface area contributed by atoms with Crippen LogP contribution in [0.25, 0.3) is 44.1 Å². The van der Waals surface area contributed by atoms with Crippen molar-refractivity contribution in [3.63, 3.8) is 0 Å². The van der Waals surface area contributed by atoms with Crippen LogP contribution in [-0.4, -0.2) is 137 Å². The number of hydrogen-bond acceptors (Lipinski definition) is 37. The van der Waals surface area contributed by atoms with Gasteiger partial charge in [-0.1, -0.05) is 113 Å².